The third-order valence-corrected chi connectivity index (χ3v) is 10.3. The fourth-order valence-corrected chi connectivity index (χ4v) is 7.54. The Hall–Kier alpha value is -4.44. The van der Waals surface area contributed by atoms with Gasteiger partial charge in [-0.2, -0.15) is 0 Å². The maximum atomic E-state index is 13.2. The summed E-state index contributed by atoms with van der Waals surface area (Å²) in [4.78, 5) is 27.0. The number of aliphatic hydroxyl groups is 3. The number of hydrogen-bond donors (Lipinski definition) is 6. The molecule has 3 unspecified atom stereocenters. The van der Waals surface area contributed by atoms with Crippen molar-refractivity contribution in [2.45, 2.75) is 82.9 Å². The van der Waals surface area contributed by atoms with Gasteiger partial charge < -0.3 is 45.7 Å². The highest BCUT2D eigenvalue weighted by atomic mass is 16.7. The summed E-state index contributed by atoms with van der Waals surface area (Å²) in [5.41, 5.74) is 11.5. The second-order valence-corrected chi connectivity index (χ2v) is 13.4. The van der Waals surface area contributed by atoms with Crippen molar-refractivity contribution in [2.24, 2.45) is 0 Å². The van der Waals surface area contributed by atoms with Gasteiger partial charge in [0.2, 0.25) is 0 Å². The number of nitrogens with one attached hydrogen (secondary N) is 2. The zero-order valence-electron chi connectivity index (χ0n) is 29.0. The van der Waals surface area contributed by atoms with Crippen LogP contribution < -0.4 is 15.6 Å². The van der Waals surface area contributed by atoms with Crippen molar-refractivity contribution >= 4 is 33.9 Å². The van der Waals surface area contributed by atoms with E-state index in [0.717, 1.165) is 61.4 Å². The number of β-amino-alcohol motifs (C(OH)–C–C–N with tert-alkyl or cyclic N) is 1. The van der Waals surface area contributed by atoms with Gasteiger partial charge >= 0.3 is 0 Å². The standard InChI is InChI=1S/C37H46N8O6/c1-3-44-26-11-10-24(18-27(26)45(4-2)30(44)19-40-36(49)31-34(38)42-35-25(41-31)12-15-39-35)22-13-16-43(17-14-22)20-28(46)32(48)33-29(47)21-50-37(51-33)23-8-6-5-7-9-23/h5-12,15,18,22,28-29,32-33,37,46-48H,3-4,13-14,16-17,19-21H2,1-2H3,(H3-,38,39,40,41,42,49)/p+1/t28?,29-,32?,33-,37?/m1/s1. The Balaban J connectivity index is 0.989. The number of nitrogen functional groups attached to an aromatic ring is 1. The fraction of sp³-hybridized carbons (Fsp3) is 0.459. The first-order valence-corrected chi connectivity index (χ1v) is 17.8. The number of piperidine rings is 1. The van der Waals surface area contributed by atoms with Crippen LogP contribution in [0.1, 0.15) is 66.3 Å². The molecule has 2 aliphatic rings. The van der Waals surface area contributed by atoms with E-state index in [9.17, 15) is 20.1 Å². The Bertz CT molecular complexity index is 1970. The molecule has 5 atom stereocenters. The summed E-state index contributed by atoms with van der Waals surface area (Å²) in [5.74, 6) is 1.01. The van der Waals surface area contributed by atoms with E-state index in [2.05, 4.69) is 66.3 Å². The number of aromatic nitrogens is 5. The number of aliphatic hydroxyl groups excluding tert-OH is 3. The number of carbonyl (C=O) groups excluding carboxylic acids is 1. The zero-order valence-corrected chi connectivity index (χ0v) is 29.0. The first kappa shape index (κ1) is 35.0. The van der Waals surface area contributed by atoms with E-state index in [1.807, 2.05) is 30.3 Å². The number of likely N-dealkylation sites (tertiary alicyclic amines) is 1. The molecule has 14 nitrogen and oxygen atoms in total. The normalized spacial score (nSPS) is 21.6. The zero-order chi connectivity index (χ0) is 35.6. The van der Waals surface area contributed by atoms with Gasteiger partial charge in [0, 0.05) is 18.3 Å². The molecular formula is C37H47N8O6+. The largest absolute Gasteiger partial charge is 0.389 e. The van der Waals surface area contributed by atoms with E-state index in [4.69, 9.17) is 15.2 Å². The molecule has 51 heavy (non-hydrogen) atoms. The lowest BCUT2D eigenvalue weighted by Crippen LogP contribution is -2.54. The first-order valence-electron chi connectivity index (χ1n) is 17.8. The topological polar surface area (TPSA) is 188 Å². The number of H-pyrrole nitrogens is 1. The molecule has 0 aliphatic carbocycles. The van der Waals surface area contributed by atoms with Crippen molar-refractivity contribution in [1.82, 2.24) is 29.7 Å². The second-order valence-electron chi connectivity index (χ2n) is 13.4. The van der Waals surface area contributed by atoms with E-state index in [1.165, 1.54) is 5.56 Å². The molecule has 0 saturated carbocycles. The summed E-state index contributed by atoms with van der Waals surface area (Å²) in [6.45, 7) is 7.77. The number of imidazole rings is 1. The molecule has 2 fully saturated rings. The van der Waals surface area contributed by atoms with Gasteiger partial charge in [-0.15, -0.1) is 0 Å². The lowest BCUT2D eigenvalue weighted by atomic mass is 9.89. The van der Waals surface area contributed by atoms with Crippen molar-refractivity contribution < 1.29 is 34.2 Å². The molecule has 0 radical (unpaired) electrons. The van der Waals surface area contributed by atoms with Crippen molar-refractivity contribution in [3.63, 3.8) is 0 Å². The Kier molecular flexibility index (Phi) is 10.3. The lowest BCUT2D eigenvalue weighted by molar-refractivity contribution is -0.676. The molecular weight excluding hydrogens is 652 g/mol. The van der Waals surface area contributed by atoms with Crippen molar-refractivity contribution in [1.29, 1.82) is 0 Å². The van der Waals surface area contributed by atoms with E-state index < -0.39 is 30.7 Å². The van der Waals surface area contributed by atoms with Crippen molar-refractivity contribution in [3.05, 3.63) is 83.4 Å². The Labute approximate surface area is 295 Å². The molecule has 5 aromatic rings. The molecule has 0 spiro atoms. The van der Waals surface area contributed by atoms with Gasteiger partial charge in [0.25, 0.3) is 11.7 Å². The molecule has 7 rings (SSSR count). The van der Waals surface area contributed by atoms with Gasteiger partial charge in [-0.25, -0.2) is 19.1 Å². The van der Waals surface area contributed by atoms with E-state index in [1.54, 1.807) is 12.3 Å². The predicted molar refractivity (Wildman–Crippen MR) is 189 cm³/mol. The average molecular weight is 700 g/mol. The van der Waals surface area contributed by atoms with Gasteiger partial charge in [-0.3, -0.25) is 4.79 Å². The van der Waals surface area contributed by atoms with Crippen LogP contribution in [0.25, 0.3) is 22.2 Å². The van der Waals surface area contributed by atoms with Crippen LogP contribution in [0, 0.1) is 0 Å². The molecule has 5 heterocycles. The molecule has 270 valence electrons. The minimum absolute atomic E-state index is 0.00904. The van der Waals surface area contributed by atoms with Gasteiger partial charge in [-0.1, -0.05) is 36.4 Å². The van der Waals surface area contributed by atoms with Gasteiger partial charge in [-0.05, 0) is 69.5 Å². The van der Waals surface area contributed by atoms with E-state index in [0.29, 0.717) is 23.6 Å². The monoisotopic (exact) mass is 699 g/mol. The van der Waals surface area contributed by atoms with E-state index >= 15 is 0 Å². The SMILES string of the molecule is CCn1c(CNC(=O)c2nc3cc[nH]c3nc2N)[n+](CC)c2ccc(C3CCN(CC(O)C(O)[C@@H]4OC(c5ccccc5)OC[C@H]4O)CC3)cc21. The number of amides is 1. The molecule has 1 amide bonds. The number of benzene rings is 2. The van der Waals surface area contributed by atoms with Crippen LogP contribution in [0.5, 0.6) is 0 Å². The Morgan fingerprint density at radius 2 is 1.88 bits per heavy atom. The van der Waals surface area contributed by atoms with Crippen LogP contribution in [-0.4, -0.2) is 96.3 Å². The summed E-state index contributed by atoms with van der Waals surface area (Å²) in [5, 5.41) is 35.6. The average Bonchev–Trinajstić information content (AvgIpc) is 3.74. The molecule has 7 N–H and O–H groups in total. The lowest BCUT2D eigenvalue weighted by Gasteiger charge is -2.39. The maximum Gasteiger partial charge on any atom is 0.277 e. The molecule has 2 aromatic carbocycles. The van der Waals surface area contributed by atoms with Crippen LogP contribution in [0.4, 0.5) is 5.82 Å². The number of hydrogen-bond acceptors (Lipinski definition) is 10. The molecule has 0 bridgehead atoms. The number of carbonyl (C=O) groups is 1. The number of nitrogens with two attached hydrogens (primary N) is 1. The summed E-state index contributed by atoms with van der Waals surface area (Å²) < 4.78 is 16.0. The smallest absolute Gasteiger partial charge is 0.277 e. The number of ether oxygens (including phenoxy) is 2. The third kappa shape index (κ3) is 7.07. The van der Waals surface area contributed by atoms with Crippen LogP contribution in [0.3, 0.4) is 0 Å². The second kappa shape index (κ2) is 15.0. The number of fused-ring (bicyclic) bond motifs is 2. The van der Waals surface area contributed by atoms with E-state index in [-0.39, 0.29) is 30.6 Å². The highest BCUT2D eigenvalue weighted by Gasteiger charge is 2.40. The highest BCUT2D eigenvalue weighted by Crippen LogP contribution is 2.32. The van der Waals surface area contributed by atoms with Crippen molar-refractivity contribution in [3.8, 4) is 0 Å². The highest BCUT2D eigenvalue weighted by molar-refractivity contribution is 5.98. The van der Waals surface area contributed by atoms with Gasteiger partial charge in [0.15, 0.2) is 34.5 Å². The molecule has 2 saturated heterocycles. The van der Waals surface area contributed by atoms with Crippen LogP contribution in [-0.2, 0) is 29.1 Å². The number of aromatic amines is 1. The number of rotatable bonds is 11. The molecule has 14 heteroatoms. The van der Waals surface area contributed by atoms with Gasteiger partial charge in [0.1, 0.15) is 30.4 Å². The molecule has 3 aromatic heterocycles. The maximum absolute atomic E-state index is 13.2. The van der Waals surface area contributed by atoms with Gasteiger partial charge in [0.05, 0.1) is 25.8 Å². The summed E-state index contributed by atoms with van der Waals surface area (Å²) >= 11 is 0. The summed E-state index contributed by atoms with van der Waals surface area (Å²) in [6, 6.07) is 17.8. The Morgan fingerprint density at radius 1 is 1.10 bits per heavy atom. The predicted octanol–water partition coefficient (Wildman–Crippen LogP) is 2.13. The number of nitrogens with zero attached hydrogens (tertiary/aromatic N) is 5. The number of anilines is 1. The first-order chi connectivity index (χ1) is 24.7. The minimum Gasteiger partial charge on any atom is -0.389 e. The van der Waals surface area contributed by atoms with Crippen LogP contribution >= 0.6 is 0 Å². The number of aryl methyl sites for hydroxylation is 2. The Morgan fingerprint density at radius 3 is 2.63 bits per heavy atom. The fourth-order valence-electron chi connectivity index (χ4n) is 7.54. The van der Waals surface area contributed by atoms with Crippen LogP contribution in [0.2, 0.25) is 0 Å². The van der Waals surface area contributed by atoms with Crippen molar-refractivity contribution in [2.75, 3.05) is 32.0 Å². The minimum atomic E-state index is -1.27. The quantitative estimate of drug-likeness (QED) is 0.112. The third-order valence-electron chi connectivity index (χ3n) is 10.3. The van der Waals surface area contributed by atoms with Crippen LogP contribution in [0.15, 0.2) is 60.8 Å². The summed E-state index contributed by atoms with van der Waals surface area (Å²) in [6.07, 6.45) is -1.59. The summed E-state index contributed by atoms with van der Waals surface area (Å²) in [7, 11) is 0. The molecule has 2 aliphatic heterocycles.